The van der Waals surface area contributed by atoms with E-state index in [9.17, 15) is 14.7 Å². The van der Waals surface area contributed by atoms with Crippen LogP contribution in [0.15, 0.2) is 88.5 Å². The van der Waals surface area contributed by atoms with Gasteiger partial charge in [-0.2, -0.15) is 0 Å². The molecule has 3 aromatic carbocycles. The van der Waals surface area contributed by atoms with E-state index >= 15 is 0 Å². The molecule has 1 N–H and O–H groups in total. The molecule has 2 heterocycles. The van der Waals surface area contributed by atoms with Gasteiger partial charge in [0, 0.05) is 11.1 Å². The van der Waals surface area contributed by atoms with E-state index in [1.807, 2.05) is 31.2 Å². The van der Waals surface area contributed by atoms with Crippen LogP contribution in [0.2, 0.25) is 0 Å². The summed E-state index contributed by atoms with van der Waals surface area (Å²) in [6.07, 6.45) is 0. The first-order valence-electron chi connectivity index (χ1n) is 12.5. The number of anilines is 1. The van der Waals surface area contributed by atoms with Crippen molar-refractivity contribution in [2.75, 3.05) is 18.6 Å². The molecule has 0 fully saturated rings. The summed E-state index contributed by atoms with van der Waals surface area (Å²) in [5.41, 5.74) is 2.70. The van der Waals surface area contributed by atoms with Crippen LogP contribution in [-0.2, 0) is 4.79 Å². The van der Waals surface area contributed by atoms with Gasteiger partial charge in [-0.15, -0.1) is 0 Å². The Kier molecular flexibility index (Phi) is 6.68. The maximum absolute atomic E-state index is 13.9. The molecule has 0 radical (unpaired) electrons. The van der Waals surface area contributed by atoms with Crippen LogP contribution in [0.4, 0.5) is 5.69 Å². The van der Waals surface area contributed by atoms with Gasteiger partial charge < -0.3 is 19.0 Å². The highest BCUT2D eigenvalue weighted by Gasteiger charge is 2.45. The molecule has 0 bridgehead atoms. The lowest BCUT2D eigenvalue weighted by molar-refractivity contribution is -0.117. The summed E-state index contributed by atoms with van der Waals surface area (Å²) < 4.78 is 16.8. The van der Waals surface area contributed by atoms with Crippen LogP contribution in [0.25, 0.3) is 11.0 Å². The summed E-state index contributed by atoms with van der Waals surface area (Å²) in [6, 6.07) is 20.8. The SMILES string of the molecule is CCOc1ccc(C2C(C(=O)c3cc4cccc(OC)c4o3)=C(O)C(=O)N2c2ccc(C(C)C)cc2)cc1. The monoisotopic (exact) mass is 511 g/mol. The number of para-hydroxylation sites is 1. The molecule has 1 atom stereocenters. The van der Waals surface area contributed by atoms with E-state index < -0.39 is 23.5 Å². The van der Waals surface area contributed by atoms with Crippen LogP contribution in [0.1, 0.15) is 54.4 Å². The minimum Gasteiger partial charge on any atom is -0.503 e. The van der Waals surface area contributed by atoms with Crippen LogP contribution < -0.4 is 14.4 Å². The van der Waals surface area contributed by atoms with Crippen LogP contribution in [0, 0.1) is 0 Å². The van der Waals surface area contributed by atoms with Crippen molar-refractivity contribution in [1.29, 1.82) is 0 Å². The molecular formula is C31H29NO6. The van der Waals surface area contributed by atoms with Gasteiger partial charge in [-0.05, 0) is 60.4 Å². The number of fused-ring (bicyclic) bond motifs is 1. The number of furan rings is 1. The highest BCUT2D eigenvalue weighted by molar-refractivity contribution is 6.20. The van der Waals surface area contributed by atoms with Gasteiger partial charge in [-0.1, -0.05) is 50.2 Å². The number of nitrogens with zero attached hydrogens (tertiary/aromatic N) is 1. The molecule has 0 spiro atoms. The molecule has 0 saturated carbocycles. The maximum atomic E-state index is 13.9. The van der Waals surface area contributed by atoms with E-state index in [4.69, 9.17) is 13.9 Å². The van der Waals surface area contributed by atoms with Crippen molar-refractivity contribution in [3.8, 4) is 11.5 Å². The fraction of sp³-hybridized carbons (Fsp3) is 0.226. The molecule has 1 unspecified atom stereocenters. The van der Waals surface area contributed by atoms with Crippen LogP contribution in [0.5, 0.6) is 11.5 Å². The van der Waals surface area contributed by atoms with Crippen molar-refractivity contribution in [2.45, 2.75) is 32.7 Å². The molecule has 0 saturated heterocycles. The van der Waals surface area contributed by atoms with Gasteiger partial charge in [0.2, 0.25) is 5.78 Å². The second kappa shape index (κ2) is 10.1. The van der Waals surface area contributed by atoms with Crippen molar-refractivity contribution in [1.82, 2.24) is 0 Å². The molecule has 1 aliphatic rings. The van der Waals surface area contributed by atoms with E-state index in [2.05, 4.69) is 13.8 Å². The van der Waals surface area contributed by atoms with Crippen molar-refractivity contribution >= 4 is 28.3 Å². The number of benzene rings is 3. The zero-order chi connectivity index (χ0) is 27.0. The lowest BCUT2D eigenvalue weighted by atomic mass is 9.94. The average molecular weight is 512 g/mol. The van der Waals surface area contributed by atoms with E-state index in [0.29, 0.717) is 46.2 Å². The largest absolute Gasteiger partial charge is 0.503 e. The molecule has 1 aliphatic heterocycles. The molecule has 1 aromatic heterocycles. The van der Waals surface area contributed by atoms with Gasteiger partial charge in [-0.25, -0.2) is 0 Å². The first-order chi connectivity index (χ1) is 18.3. The van der Waals surface area contributed by atoms with Gasteiger partial charge in [0.05, 0.1) is 25.3 Å². The molecule has 7 nitrogen and oxygen atoms in total. The Morgan fingerprint density at radius 3 is 2.39 bits per heavy atom. The number of hydrogen-bond donors (Lipinski definition) is 1. The molecule has 7 heteroatoms. The third-order valence-electron chi connectivity index (χ3n) is 6.75. The molecule has 1 amide bonds. The van der Waals surface area contributed by atoms with Gasteiger partial charge in [-0.3, -0.25) is 14.5 Å². The van der Waals surface area contributed by atoms with Gasteiger partial charge in [0.25, 0.3) is 5.91 Å². The molecular weight excluding hydrogens is 482 g/mol. The number of amides is 1. The van der Waals surface area contributed by atoms with Crippen LogP contribution in [0.3, 0.4) is 0 Å². The summed E-state index contributed by atoms with van der Waals surface area (Å²) in [5, 5.41) is 11.8. The summed E-state index contributed by atoms with van der Waals surface area (Å²) in [6.45, 7) is 6.58. The minimum atomic E-state index is -0.870. The Morgan fingerprint density at radius 1 is 1.05 bits per heavy atom. The summed E-state index contributed by atoms with van der Waals surface area (Å²) in [4.78, 5) is 28.8. The molecule has 5 rings (SSSR count). The van der Waals surface area contributed by atoms with E-state index in [1.54, 1.807) is 48.5 Å². The third-order valence-corrected chi connectivity index (χ3v) is 6.75. The smallest absolute Gasteiger partial charge is 0.294 e. The molecule has 0 aliphatic carbocycles. The number of Topliss-reactive ketones (excluding diaryl/α,β-unsaturated/α-hetero) is 1. The number of carbonyl (C=O) groups excluding carboxylic acids is 2. The maximum Gasteiger partial charge on any atom is 0.294 e. The normalized spacial score (nSPS) is 15.6. The first-order valence-corrected chi connectivity index (χ1v) is 12.5. The predicted octanol–water partition coefficient (Wildman–Crippen LogP) is 6.75. The number of carbonyl (C=O) groups is 2. The number of hydrogen-bond acceptors (Lipinski definition) is 6. The zero-order valence-electron chi connectivity index (χ0n) is 21.7. The Bertz CT molecular complexity index is 1530. The third kappa shape index (κ3) is 4.30. The number of aliphatic hydroxyl groups is 1. The molecule has 38 heavy (non-hydrogen) atoms. The number of rotatable bonds is 8. The molecule has 4 aromatic rings. The molecule has 194 valence electrons. The highest BCUT2D eigenvalue weighted by Crippen LogP contribution is 2.43. The van der Waals surface area contributed by atoms with E-state index in [0.717, 1.165) is 5.56 Å². The van der Waals surface area contributed by atoms with Crippen LogP contribution in [-0.4, -0.2) is 30.5 Å². The first kappa shape index (κ1) is 25.1. The lowest BCUT2D eigenvalue weighted by Crippen LogP contribution is -2.31. The second-order valence-corrected chi connectivity index (χ2v) is 9.41. The highest BCUT2D eigenvalue weighted by atomic mass is 16.5. The number of methoxy groups -OCH3 is 1. The Hall–Kier alpha value is -4.52. The fourth-order valence-corrected chi connectivity index (χ4v) is 4.79. The Morgan fingerprint density at radius 2 is 1.76 bits per heavy atom. The van der Waals surface area contributed by atoms with Crippen molar-refractivity contribution < 1.29 is 28.6 Å². The minimum absolute atomic E-state index is 0.00629. The topological polar surface area (TPSA) is 89.2 Å². The summed E-state index contributed by atoms with van der Waals surface area (Å²) >= 11 is 0. The zero-order valence-corrected chi connectivity index (χ0v) is 21.7. The summed E-state index contributed by atoms with van der Waals surface area (Å²) in [7, 11) is 1.52. The standard InChI is InChI=1S/C31H29NO6/c1-5-37-23-15-11-20(12-16-23)27-26(28(33)25-17-21-7-6-8-24(36-4)30(21)38-25)29(34)31(35)32(27)22-13-9-19(10-14-22)18(2)3/h6-18,27,34H,5H2,1-4H3. The average Bonchev–Trinajstić information content (AvgIpc) is 3.48. The van der Waals surface area contributed by atoms with Crippen LogP contribution >= 0.6 is 0 Å². The van der Waals surface area contributed by atoms with Gasteiger partial charge in [0.15, 0.2) is 22.9 Å². The predicted molar refractivity (Wildman–Crippen MR) is 145 cm³/mol. The van der Waals surface area contributed by atoms with E-state index in [1.165, 1.54) is 12.0 Å². The second-order valence-electron chi connectivity index (χ2n) is 9.41. The van der Waals surface area contributed by atoms with Crippen molar-refractivity contribution in [2.24, 2.45) is 0 Å². The Balaban J connectivity index is 1.62. The van der Waals surface area contributed by atoms with E-state index in [-0.39, 0.29) is 11.3 Å². The number of ether oxygens (including phenoxy) is 2. The Labute approximate surface area is 220 Å². The lowest BCUT2D eigenvalue weighted by Gasteiger charge is -2.27. The van der Waals surface area contributed by atoms with Crippen molar-refractivity contribution in [3.05, 3.63) is 101 Å². The quantitative estimate of drug-likeness (QED) is 0.263. The summed E-state index contributed by atoms with van der Waals surface area (Å²) in [5.74, 6) is -0.362. The van der Waals surface area contributed by atoms with Gasteiger partial charge >= 0.3 is 0 Å². The fourth-order valence-electron chi connectivity index (χ4n) is 4.79. The number of ketones is 1. The number of aliphatic hydroxyl groups excluding tert-OH is 1. The van der Waals surface area contributed by atoms with Gasteiger partial charge in [0.1, 0.15) is 5.75 Å². The van der Waals surface area contributed by atoms with Crippen molar-refractivity contribution in [3.63, 3.8) is 0 Å².